The first kappa shape index (κ1) is 17.0. The first-order valence-electron chi connectivity index (χ1n) is 6.80. The van der Waals surface area contributed by atoms with Crippen LogP contribution in [0.1, 0.15) is 7.79 Å². The van der Waals surface area contributed by atoms with Crippen molar-refractivity contribution in [1.82, 2.24) is 5.32 Å². The molecule has 2 unspecified atom stereocenters. The number of hydrogen-bond donors (Lipinski definition) is 8. The standard InChI is InChI=1S/C11H19NO10/c13-2-5(16)8(18)9-7(12-6(17)3-14)4(15)1-11(21,22-9)10(19)20/h4-5,7-9,13-16,18,21H,1-3H2,(H,12,17)(H,19,20)/t4-,5+,7+,8+,9+,11?/m0/s1/i3D/t3?,4-,5+,7+,8+,9+,11?. The molecule has 1 amide bonds. The summed E-state index contributed by atoms with van der Waals surface area (Å²) in [4.78, 5) is 22.4. The van der Waals surface area contributed by atoms with E-state index in [-0.39, 0.29) is 0 Å². The summed E-state index contributed by atoms with van der Waals surface area (Å²) in [6, 6.07) is -1.56. The summed E-state index contributed by atoms with van der Waals surface area (Å²) >= 11 is 0. The number of hydrogen-bond acceptors (Lipinski definition) is 9. The molecule has 0 aliphatic carbocycles. The molecule has 11 heteroatoms. The van der Waals surface area contributed by atoms with Crippen LogP contribution in [0.3, 0.4) is 0 Å². The van der Waals surface area contributed by atoms with E-state index in [1.54, 1.807) is 0 Å². The fraction of sp³-hybridized carbons (Fsp3) is 0.818. The third-order valence-corrected chi connectivity index (χ3v) is 3.26. The first-order chi connectivity index (χ1) is 10.5. The molecule has 22 heavy (non-hydrogen) atoms. The fourth-order valence-corrected chi connectivity index (χ4v) is 2.10. The number of ether oxygens (including phenoxy) is 1. The Bertz CT molecular complexity index is 449. The fourth-order valence-electron chi connectivity index (χ4n) is 2.10. The Morgan fingerprint density at radius 2 is 2.00 bits per heavy atom. The minimum absolute atomic E-state index is 0.889. The van der Waals surface area contributed by atoms with E-state index in [4.69, 9.17) is 21.4 Å². The van der Waals surface area contributed by atoms with Crippen molar-refractivity contribution in [2.45, 2.75) is 42.7 Å². The molecule has 1 rings (SSSR count). The molecule has 0 aromatic carbocycles. The number of carboxylic acid groups (broad SMARTS) is 1. The molecule has 0 aromatic heterocycles. The predicted molar refractivity (Wildman–Crippen MR) is 66.2 cm³/mol. The second-order valence-electron chi connectivity index (χ2n) is 4.85. The van der Waals surface area contributed by atoms with Gasteiger partial charge in [-0.1, -0.05) is 0 Å². The van der Waals surface area contributed by atoms with Gasteiger partial charge in [0, 0.05) is 6.42 Å². The summed E-state index contributed by atoms with van der Waals surface area (Å²) < 4.78 is 11.6. The molecular formula is C11H19NO10. The molecule has 0 radical (unpaired) electrons. The zero-order chi connectivity index (χ0) is 17.9. The molecule has 1 saturated heterocycles. The quantitative estimate of drug-likeness (QED) is 0.234. The van der Waals surface area contributed by atoms with Gasteiger partial charge in [0.05, 0.1) is 20.1 Å². The highest BCUT2D eigenvalue weighted by molar-refractivity contribution is 5.78. The SMILES string of the molecule is [2H]C(O)C(=O)N[C@H]1[C@H]([C@H](O)[C@H](O)CO)OC(O)(C(=O)O)C[C@@H]1O. The van der Waals surface area contributed by atoms with Crippen molar-refractivity contribution < 1.29 is 51.4 Å². The highest BCUT2D eigenvalue weighted by Gasteiger charge is 2.53. The van der Waals surface area contributed by atoms with Crippen LogP contribution in [-0.2, 0) is 14.3 Å². The van der Waals surface area contributed by atoms with Gasteiger partial charge in [-0.3, -0.25) is 4.79 Å². The van der Waals surface area contributed by atoms with Gasteiger partial charge in [0.1, 0.15) is 24.9 Å². The predicted octanol–water partition coefficient (Wildman–Crippen LogP) is -4.90. The van der Waals surface area contributed by atoms with E-state index < -0.39 is 67.7 Å². The average Bonchev–Trinajstić information content (AvgIpc) is 2.47. The number of rotatable bonds is 6. The number of carbonyl (C=O) groups is 2. The molecule has 1 aliphatic rings. The average molecular weight is 326 g/mol. The number of carbonyl (C=O) groups excluding carboxylic acids is 1. The van der Waals surface area contributed by atoms with Crippen molar-refractivity contribution in [2.24, 2.45) is 0 Å². The van der Waals surface area contributed by atoms with E-state index in [0.29, 0.717) is 0 Å². The van der Waals surface area contributed by atoms with Crippen LogP contribution in [0.15, 0.2) is 0 Å². The molecule has 11 nitrogen and oxygen atoms in total. The summed E-state index contributed by atoms with van der Waals surface area (Å²) in [7, 11) is 0. The lowest BCUT2D eigenvalue weighted by Gasteiger charge is -2.44. The molecule has 0 aromatic rings. The van der Waals surface area contributed by atoms with E-state index in [1.165, 1.54) is 0 Å². The van der Waals surface area contributed by atoms with Crippen LogP contribution >= 0.6 is 0 Å². The third-order valence-electron chi connectivity index (χ3n) is 3.26. The van der Waals surface area contributed by atoms with E-state index in [2.05, 4.69) is 0 Å². The topological polar surface area (TPSA) is 197 Å². The maximum Gasteiger partial charge on any atom is 0.364 e. The second-order valence-corrected chi connectivity index (χ2v) is 4.85. The van der Waals surface area contributed by atoms with E-state index >= 15 is 0 Å². The van der Waals surface area contributed by atoms with E-state index in [9.17, 15) is 30.0 Å². The summed E-state index contributed by atoms with van der Waals surface area (Å²) in [5.74, 6) is -6.06. The Labute approximate surface area is 125 Å². The smallest absolute Gasteiger partial charge is 0.364 e. The summed E-state index contributed by atoms with van der Waals surface area (Å²) in [6.45, 7) is -3.17. The van der Waals surface area contributed by atoms with Crippen LogP contribution in [0.4, 0.5) is 0 Å². The van der Waals surface area contributed by atoms with Crippen molar-refractivity contribution in [1.29, 1.82) is 0 Å². The Morgan fingerprint density at radius 3 is 2.45 bits per heavy atom. The lowest BCUT2D eigenvalue weighted by Crippen LogP contribution is -2.67. The Kier molecular flexibility index (Phi) is 5.63. The Balaban J connectivity index is 3.09. The van der Waals surface area contributed by atoms with Gasteiger partial charge < -0.3 is 45.8 Å². The highest BCUT2D eigenvalue weighted by atomic mass is 16.7. The third kappa shape index (κ3) is 3.89. The molecular weight excluding hydrogens is 306 g/mol. The van der Waals surface area contributed by atoms with Gasteiger partial charge in [-0.25, -0.2) is 4.79 Å². The number of aliphatic hydroxyl groups excluding tert-OH is 5. The van der Waals surface area contributed by atoms with Crippen molar-refractivity contribution in [3.8, 4) is 0 Å². The van der Waals surface area contributed by atoms with Crippen molar-refractivity contribution in [3.05, 3.63) is 0 Å². The molecule has 0 spiro atoms. The number of nitrogens with one attached hydrogen (secondary N) is 1. The largest absolute Gasteiger partial charge is 0.477 e. The first-order valence-corrected chi connectivity index (χ1v) is 6.23. The van der Waals surface area contributed by atoms with Crippen molar-refractivity contribution >= 4 is 11.9 Å². The number of aliphatic hydroxyl groups is 6. The Morgan fingerprint density at radius 1 is 1.41 bits per heavy atom. The summed E-state index contributed by atoms with van der Waals surface area (Å²) in [5.41, 5.74) is 0. The minimum atomic E-state index is -2.90. The summed E-state index contributed by atoms with van der Waals surface area (Å²) in [6.07, 6.45) is -8.31. The molecule has 0 bridgehead atoms. The van der Waals surface area contributed by atoms with Crippen LogP contribution in [0.2, 0.25) is 0 Å². The van der Waals surface area contributed by atoms with E-state index in [1.807, 2.05) is 5.32 Å². The zero-order valence-corrected chi connectivity index (χ0v) is 11.2. The molecule has 1 heterocycles. The summed E-state index contributed by atoms with van der Waals surface area (Å²) in [5, 5.41) is 67.6. The lowest BCUT2D eigenvalue weighted by molar-refractivity contribution is -0.295. The molecule has 8 N–H and O–H groups in total. The van der Waals surface area contributed by atoms with Gasteiger partial charge >= 0.3 is 5.97 Å². The monoisotopic (exact) mass is 326 g/mol. The van der Waals surface area contributed by atoms with Gasteiger partial charge in [-0.05, 0) is 0 Å². The highest BCUT2D eigenvalue weighted by Crippen LogP contribution is 2.30. The minimum Gasteiger partial charge on any atom is -0.477 e. The number of aliphatic carboxylic acids is 1. The number of amides is 1. The van der Waals surface area contributed by atoms with Gasteiger partial charge in [0.15, 0.2) is 0 Å². The molecule has 1 aliphatic heterocycles. The van der Waals surface area contributed by atoms with Gasteiger partial charge in [-0.2, -0.15) is 0 Å². The van der Waals surface area contributed by atoms with Gasteiger partial charge in [0.2, 0.25) is 5.91 Å². The Hall–Kier alpha value is -1.34. The number of carboxylic acids is 1. The van der Waals surface area contributed by atoms with Crippen LogP contribution in [0.5, 0.6) is 0 Å². The molecule has 7 atom stereocenters. The molecule has 128 valence electrons. The van der Waals surface area contributed by atoms with Gasteiger partial charge in [-0.15, -0.1) is 0 Å². The maximum atomic E-state index is 11.4. The van der Waals surface area contributed by atoms with Crippen molar-refractivity contribution in [2.75, 3.05) is 13.2 Å². The normalized spacial score (nSPS) is 36.8. The zero-order valence-electron chi connectivity index (χ0n) is 12.2. The molecule has 0 saturated carbocycles. The van der Waals surface area contributed by atoms with Crippen LogP contribution in [-0.4, -0.2) is 97.1 Å². The van der Waals surface area contributed by atoms with Crippen LogP contribution < -0.4 is 5.32 Å². The van der Waals surface area contributed by atoms with Crippen LogP contribution in [0, 0.1) is 0 Å². The van der Waals surface area contributed by atoms with E-state index in [0.717, 1.165) is 0 Å². The second kappa shape index (κ2) is 7.28. The lowest BCUT2D eigenvalue weighted by atomic mass is 9.88. The van der Waals surface area contributed by atoms with Crippen LogP contribution in [0.25, 0.3) is 0 Å². The van der Waals surface area contributed by atoms with Crippen molar-refractivity contribution in [3.63, 3.8) is 0 Å². The maximum absolute atomic E-state index is 11.4. The molecule has 1 fully saturated rings. The van der Waals surface area contributed by atoms with Gasteiger partial charge in [0.25, 0.3) is 5.79 Å².